The van der Waals surface area contributed by atoms with E-state index in [1.165, 1.54) is 0 Å². The normalized spacial score (nSPS) is 38.1. The van der Waals surface area contributed by atoms with E-state index in [4.69, 9.17) is 5.11 Å². The summed E-state index contributed by atoms with van der Waals surface area (Å²) in [5, 5.41) is 7.92. The summed E-state index contributed by atoms with van der Waals surface area (Å²) in [6.45, 7) is 0. The number of alkyl halides is 13. The molecule has 1 N–H and O–H groups in total. The summed E-state index contributed by atoms with van der Waals surface area (Å²) in [4.78, 5) is 10.2. The molecular formula is C8HF13O2. The van der Waals surface area contributed by atoms with Crippen LogP contribution < -0.4 is 0 Å². The zero-order chi connectivity index (χ0) is 19.1. The van der Waals surface area contributed by atoms with Crippen LogP contribution in [0.15, 0.2) is 0 Å². The summed E-state index contributed by atoms with van der Waals surface area (Å²) < 4.78 is 168. The van der Waals surface area contributed by atoms with E-state index in [0.717, 1.165) is 0 Å². The lowest BCUT2D eigenvalue weighted by atomic mass is 9.66. The van der Waals surface area contributed by atoms with Crippen molar-refractivity contribution in [1.82, 2.24) is 0 Å². The molecule has 1 aliphatic rings. The highest BCUT2D eigenvalue weighted by Gasteiger charge is 3.06. The molecule has 2 nitrogen and oxygen atoms in total. The zero-order valence-electron chi connectivity index (χ0n) is 9.77. The van der Waals surface area contributed by atoms with E-state index < -0.39 is 47.2 Å². The van der Waals surface area contributed by atoms with Gasteiger partial charge in [-0.2, -0.15) is 48.3 Å². The third kappa shape index (κ3) is 1.55. The average Bonchev–Trinajstić information content (AvgIpc) is 2.32. The van der Waals surface area contributed by atoms with E-state index in [1.807, 2.05) is 0 Å². The molecule has 0 bridgehead atoms. The molecule has 0 aliphatic heterocycles. The van der Waals surface area contributed by atoms with Crippen LogP contribution in [0.2, 0.25) is 0 Å². The summed E-state index contributed by atoms with van der Waals surface area (Å²) >= 11 is 0. The molecule has 0 aromatic rings. The minimum Gasteiger partial charge on any atom is -0.479 e. The molecule has 0 spiro atoms. The molecule has 1 fully saturated rings. The minimum atomic E-state index is -7.94. The molecule has 0 aromatic carbocycles. The number of hydrogen-bond donors (Lipinski definition) is 1. The molecule has 0 aromatic heterocycles. The molecule has 1 aliphatic carbocycles. The van der Waals surface area contributed by atoms with E-state index in [2.05, 4.69) is 0 Å². The number of carbonyl (C=O) groups is 1. The SMILES string of the molecule is O=C(O)C1(F)C(F)(F)C(F)(F)C(F)(F)C(F)(C(F)(F)F)C1(F)F. The van der Waals surface area contributed by atoms with E-state index in [0.29, 0.717) is 0 Å². The predicted molar refractivity (Wildman–Crippen MR) is 41.2 cm³/mol. The maximum absolute atomic E-state index is 13.5. The lowest BCUT2D eigenvalue weighted by Gasteiger charge is -2.53. The van der Waals surface area contributed by atoms with E-state index in [9.17, 15) is 61.9 Å². The van der Waals surface area contributed by atoms with Gasteiger partial charge in [-0.25, -0.2) is 13.6 Å². The number of hydrogen-bond acceptors (Lipinski definition) is 1. The third-order valence-corrected chi connectivity index (χ3v) is 3.20. The maximum atomic E-state index is 13.5. The zero-order valence-corrected chi connectivity index (χ0v) is 9.77. The molecule has 15 heteroatoms. The maximum Gasteiger partial charge on any atom is 0.435 e. The molecule has 1 rings (SSSR count). The number of aliphatic carboxylic acids is 1. The first-order valence-corrected chi connectivity index (χ1v) is 4.88. The number of halogens is 13. The molecule has 0 saturated heterocycles. The Hall–Kier alpha value is -1.44. The Kier molecular flexibility index (Phi) is 3.53. The first-order valence-electron chi connectivity index (χ1n) is 4.88. The molecule has 0 amide bonds. The van der Waals surface area contributed by atoms with Gasteiger partial charge in [-0.05, 0) is 0 Å². The smallest absolute Gasteiger partial charge is 0.435 e. The van der Waals surface area contributed by atoms with Crippen molar-refractivity contribution in [3.05, 3.63) is 0 Å². The Balaban J connectivity index is 4.09. The van der Waals surface area contributed by atoms with Crippen molar-refractivity contribution in [2.45, 2.75) is 41.2 Å². The van der Waals surface area contributed by atoms with Gasteiger partial charge in [0.05, 0.1) is 0 Å². The summed E-state index contributed by atoms with van der Waals surface area (Å²) in [7, 11) is 0. The van der Waals surface area contributed by atoms with Gasteiger partial charge in [-0.15, -0.1) is 0 Å². The van der Waals surface area contributed by atoms with Crippen molar-refractivity contribution in [3.63, 3.8) is 0 Å². The lowest BCUT2D eigenvalue weighted by Crippen LogP contribution is -2.89. The number of carboxylic acid groups (broad SMARTS) is 1. The van der Waals surface area contributed by atoms with Crippen molar-refractivity contribution in [2.24, 2.45) is 0 Å². The predicted octanol–water partition coefficient (Wildman–Crippen LogP) is 3.60. The highest BCUT2D eigenvalue weighted by Crippen LogP contribution is 2.72. The van der Waals surface area contributed by atoms with Gasteiger partial charge in [0.1, 0.15) is 0 Å². The highest BCUT2D eigenvalue weighted by molar-refractivity contribution is 5.82. The van der Waals surface area contributed by atoms with Crippen LogP contribution in [0.1, 0.15) is 0 Å². The Morgan fingerprint density at radius 3 is 1.26 bits per heavy atom. The van der Waals surface area contributed by atoms with Gasteiger partial charge in [0.2, 0.25) is 0 Å². The van der Waals surface area contributed by atoms with Crippen LogP contribution in [0.4, 0.5) is 57.1 Å². The van der Waals surface area contributed by atoms with Gasteiger partial charge in [0, 0.05) is 0 Å². The van der Waals surface area contributed by atoms with Gasteiger partial charge in [-0.1, -0.05) is 0 Å². The van der Waals surface area contributed by atoms with Crippen molar-refractivity contribution in [3.8, 4) is 0 Å². The van der Waals surface area contributed by atoms with Crippen LogP contribution in [-0.2, 0) is 4.79 Å². The topological polar surface area (TPSA) is 37.3 Å². The number of carboxylic acids is 1. The van der Waals surface area contributed by atoms with Crippen molar-refractivity contribution in [2.75, 3.05) is 0 Å². The summed E-state index contributed by atoms with van der Waals surface area (Å²) in [6, 6.07) is 0. The van der Waals surface area contributed by atoms with Gasteiger partial charge >= 0.3 is 47.2 Å². The molecule has 0 radical (unpaired) electrons. The fourth-order valence-corrected chi connectivity index (χ4v) is 1.89. The van der Waals surface area contributed by atoms with Crippen LogP contribution in [0.3, 0.4) is 0 Å². The first kappa shape index (κ1) is 19.6. The van der Waals surface area contributed by atoms with E-state index >= 15 is 0 Å². The standard InChI is InChI=1S/C8HF13O2/c9-2(1(22)23)4(11,12)3(10,8(19,20)21)6(15,16)7(17,18)5(2,13)14/h(H,22,23). The molecule has 136 valence electrons. The summed E-state index contributed by atoms with van der Waals surface area (Å²) in [5.41, 5.74) is -15.3. The third-order valence-electron chi connectivity index (χ3n) is 3.20. The average molecular weight is 376 g/mol. The van der Waals surface area contributed by atoms with Crippen LogP contribution in [-0.4, -0.2) is 52.3 Å². The Morgan fingerprint density at radius 1 is 0.652 bits per heavy atom. The summed E-state index contributed by atoms with van der Waals surface area (Å²) in [5.74, 6) is -35.5. The fourth-order valence-electron chi connectivity index (χ4n) is 1.89. The van der Waals surface area contributed by atoms with Gasteiger partial charge in [0.25, 0.3) is 0 Å². The minimum absolute atomic E-state index is 4.39. The molecule has 2 atom stereocenters. The van der Waals surface area contributed by atoms with Gasteiger partial charge in [-0.3, -0.25) is 0 Å². The Labute approximate surface area is 115 Å². The van der Waals surface area contributed by atoms with Crippen LogP contribution in [0.25, 0.3) is 0 Å². The Morgan fingerprint density at radius 2 is 1.00 bits per heavy atom. The highest BCUT2D eigenvalue weighted by atomic mass is 19.4. The second kappa shape index (κ2) is 4.15. The van der Waals surface area contributed by atoms with Crippen molar-refractivity contribution in [1.29, 1.82) is 0 Å². The molecule has 0 heterocycles. The van der Waals surface area contributed by atoms with Gasteiger partial charge < -0.3 is 5.11 Å². The second-order valence-electron chi connectivity index (χ2n) is 4.42. The van der Waals surface area contributed by atoms with E-state index in [-0.39, 0.29) is 0 Å². The molecular weight excluding hydrogens is 375 g/mol. The van der Waals surface area contributed by atoms with Gasteiger partial charge in [0.15, 0.2) is 0 Å². The molecule has 2 unspecified atom stereocenters. The number of rotatable bonds is 1. The van der Waals surface area contributed by atoms with Crippen molar-refractivity contribution < 1.29 is 67.0 Å². The first-order chi connectivity index (χ1) is 9.69. The van der Waals surface area contributed by atoms with Crippen molar-refractivity contribution >= 4 is 5.97 Å². The monoisotopic (exact) mass is 376 g/mol. The fraction of sp³-hybridized carbons (Fsp3) is 0.875. The lowest BCUT2D eigenvalue weighted by molar-refractivity contribution is -0.490. The summed E-state index contributed by atoms with van der Waals surface area (Å²) in [6.07, 6.45) is -7.74. The molecule has 23 heavy (non-hydrogen) atoms. The van der Waals surface area contributed by atoms with E-state index in [1.54, 1.807) is 0 Å². The Bertz CT molecular complexity index is 537. The molecule has 1 saturated carbocycles. The van der Waals surface area contributed by atoms with Crippen LogP contribution >= 0.6 is 0 Å². The quantitative estimate of drug-likeness (QED) is 0.711. The van der Waals surface area contributed by atoms with Crippen LogP contribution in [0, 0.1) is 0 Å². The second-order valence-corrected chi connectivity index (χ2v) is 4.42. The van der Waals surface area contributed by atoms with Crippen LogP contribution in [0.5, 0.6) is 0 Å². The largest absolute Gasteiger partial charge is 0.479 e.